The topological polar surface area (TPSA) is 103 Å². The van der Waals surface area contributed by atoms with Crippen LogP contribution in [-0.2, 0) is 4.79 Å². The van der Waals surface area contributed by atoms with Crippen LogP contribution >= 0.6 is 0 Å². The first-order chi connectivity index (χ1) is 18.1. The number of piperazine rings is 1. The van der Waals surface area contributed by atoms with E-state index >= 15 is 0 Å². The molecule has 3 heterocycles. The number of aromatic nitrogens is 3. The summed E-state index contributed by atoms with van der Waals surface area (Å²) in [5.41, 5.74) is 2.00. The van der Waals surface area contributed by atoms with E-state index < -0.39 is 12.0 Å². The van der Waals surface area contributed by atoms with Crippen LogP contribution in [0.2, 0.25) is 0 Å². The van der Waals surface area contributed by atoms with Crippen molar-refractivity contribution in [3.63, 3.8) is 0 Å². The summed E-state index contributed by atoms with van der Waals surface area (Å²) in [5, 5.41) is 20.0. The Morgan fingerprint density at radius 3 is 2.42 bits per heavy atom. The van der Waals surface area contributed by atoms with Gasteiger partial charge < -0.3 is 14.9 Å². The molecule has 1 saturated heterocycles. The lowest BCUT2D eigenvalue weighted by atomic mass is 9.85. The smallest absolute Gasteiger partial charge is 0.411 e. The molecule has 9 nitrogen and oxygen atoms in total. The summed E-state index contributed by atoms with van der Waals surface area (Å²) in [4.78, 5) is 33.7. The number of carbonyl (C=O) groups excluding carboxylic acids is 1. The third-order valence-electron chi connectivity index (χ3n) is 7.65. The molecule has 38 heavy (non-hydrogen) atoms. The van der Waals surface area contributed by atoms with Crippen LogP contribution in [0.15, 0.2) is 42.7 Å². The highest BCUT2D eigenvalue weighted by Gasteiger charge is 2.40. The highest BCUT2D eigenvalue weighted by molar-refractivity contribution is 6.00. The SMILES string of the molecule is C[C@H]1CN(c2nnc(-c3ccc(N(C)C(=O)O)cc3)c3ccncc23)CCN1C(=O)C1CCC(F)(F)CC1. The van der Waals surface area contributed by atoms with E-state index in [0.717, 1.165) is 21.2 Å². The Morgan fingerprint density at radius 2 is 1.76 bits per heavy atom. The van der Waals surface area contributed by atoms with Crippen molar-refractivity contribution < 1.29 is 23.5 Å². The van der Waals surface area contributed by atoms with Crippen molar-refractivity contribution in [1.29, 1.82) is 0 Å². The van der Waals surface area contributed by atoms with Gasteiger partial charge in [-0.05, 0) is 38.0 Å². The van der Waals surface area contributed by atoms with Gasteiger partial charge in [0.05, 0.1) is 0 Å². The van der Waals surface area contributed by atoms with Crippen molar-refractivity contribution in [1.82, 2.24) is 20.1 Å². The van der Waals surface area contributed by atoms with Crippen LogP contribution in [0, 0.1) is 5.92 Å². The van der Waals surface area contributed by atoms with Gasteiger partial charge in [0, 0.05) is 85.9 Å². The Kier molecular flexibility index (Phi) is 6.85. The second kappa shape index (κ2) is 10.1. The van der Waals surface area contributed by atoms with Gasteiger partial charge in [0.1, 0.15) is 5.69 Å². The molecule has 5 rings (SSSR count). The number of hydrogen-bond acceptors (Lipinski definition) is 6. The van der Waals surface area contributed by atoms with Crippen molar-refractivity contribution in [2.75, 3.05) is 36.5 Å². The number of carboxylic acid groups (broad SMARTS) is 1. The van der Waals surface area contributed by atoms with Crippen molar-refractivity contribution in [2.45, 2.75) is 44.6 Å². The summed E-state index contributed by atoms with van der Waals surface area (Å²) in [6.45, 7) is 3.55. The average molecular weight is 525 g/mol. The Bertz CT molecular complexity index is 1340. The van der Waals surface area contributed by atoms with Gasteiger partial charge in [-0.15, -0.1) is 10.2 Å². The normalized spacial score (nSPS) is 19.9. The highest BCUT2D eigenvalue weighted by Crippen LogP contribution is 2.38. The predicted octanol–water partition coefficient (Wildman–Crippen LogP) is 4.67. The van der Waals surface area contributed by atoms with E-state index in [1.54, 1.807) is 24.5 Å². The van der Waals surface area contributed by atoms with Crippen molar-refractivity contribution in [2.24, 2.45) is 5.92 Å². The summed E-state index contributed by atoms with van der Waals surface area (Å²) in [7, 11) is 1.48. The van der Waals surface area contributed by atoms with E-state index in [0.29, 0.717) is 36.8 Å². The van der Waals surface area contributed by atoms with Gasteiger partial charge in [0.15, 0.2) is 5.82 Å². The van der Waals surface area contributed by atoms with Gasteiger partial charge >= 0.3 is 6.09 Å². The molecular formula is C27H30F2N6O3. The molecule has 3 aromatic rings. The van der Waals surface area contributed by atoms with Gasteiger partial charge in [-0.25, -0.2) is 13.6 Å². The van der Waals surface area contributed by atoms with Gasteiger partial charge in [0.25, 0.3) is 0 Å². The second-order valence-electron chi connectivity index (χ2n) is 10.1. The Morgan fingerprint density at radius 1 is 1.05 bits per heavy atom. The minimum atomic E-state index is -2.65. The molecule has 1 aliphatic carbocycles. The summed E-state index contributed by atoms with van der Waals surface area (Å²) >= 11 is 0. The molecule has 0 spiro atoms. The van der Waals surface area contributed by atoms with Crippen molar-refractivity contribution in [3.8, 4) is 11.3 Å². The third-order valence-corrected chi connectivity index (χ3v) is 7.65. The van der Waals surface area contributed by atoms with E-state index in [1.807, 2.05) is 30.0 Å². The van der Waals surface area contributed by atoms with Crippen LogP contribution in [0.3, 0.4) is 0 Å². The Balaban J connectivity index is 1.35. The van der Waals surface area contributed by atoms with Crippen molar-refractivity contribution >= 4 is 34.3 Å². The maximum Gasteiger partial charge on any atom is 0.411 e. The first-order valence-electron chi connectivity index (χ1n) is 12.8. The molecule has 1 aromatic carbocycles. The van der Waals surface area contributed by atoms with Gasteiger partial charge in [-0.2, -0.15) is 0 Å². The molecule has 2 fully saturated rings. The van der Waals surface area contributed by atoms with Gasteiger partial charge in [-0.1, -0.05) is 12.1 Å². The number of amides is 2. The average Bonchev–Trinajstić information content (AvgIpc) is 2.91. The number of fused-ring (bicyclic) bond motifs is 1. The molecule has 1 aliphatic heterocycles. The number of hydrogen-bond donors (Lipinski definition) is 1. The maximum absolute atomic E-state index is 13.6. The predicted molar refractivity (Wildman–Crippen MR) is 139 cm³/mol. The molecule has 0 unspecified atom stereocenters. The maximum atomic E-state index is 13.6. The number of benzene rings is 1. The van der Waals surface area contributed by atoms with Crippen molar-refractivity contribution in [3.05, 3.63) is 42.7 Å². The summed E-state index contributed by atoms with van der Waals surface area (Å²) in [6.07, 6.45) is 2.41. The lowest BCUT2D eigenvalue weighted by molar-refractivity contribution is -0.142. The summed E-state index contributed by atoms with van der Waals surface area (Å²) < 4.78 is 27.1. The number of halogens is 2. The summed E-state index contributed by atoms with van der Waals surface area (Å²) in [5.74, 6) is -2.35. The van der Waals surface area contributed by atoms with Crippen LogP contribution in [0.25, 0.3) is 22.0 Å². The molecule has 1 saturated carbocycles. The Hall–Kier alpha value is -3.89. The second-order valence-corrected chi connectivity index (χ2v) is 10.1. The van der Waals surface area contributed by atoms with Gasteiger partial charge in [0.2, 0.25) is 11.8 Å². The largest absolute Gasteiger partial charge is 0.465 e. The first kappa shape index (κ1) is 25.7. The molecule has 2 amide bonds. The number of carbonyl (C=O) groups is 2. The van der Waals surface area contributed by atoms with E-state index in [-0.39, 0.29) is 43.6 Å². The minimum absolute atomic E-state index is 0.0300. The van der Waals surface area contributed by atoms with Crippen LogP contribution < -0.4 is 9.80 Å². The first-order valence-corrected chi connectivity index (χ1v) is 12.8. The third kappa shape index (κ3) is 4.97. The molecule has 2 aliphatic rings. The van der Waals surface area contributed by atoms with E-state index in [1.165, 1.54) is 7.05 Å². The zero-order valence-electron chi connectivity index (χ0n) is 21.3. The number of anilines is 2. The van der Waals surface area contributed by atoms with E-state index in [2.05, 4.69) is 20.1 Å². The van der Waals surface area contributed by atoms with Crippen LogP contribution in [0.1, 0.15) is 32.6 Å². The monoisotopic (exact) mass is 524 g/mol. The molecule has 0 bridgehead atoms. The van der Waals surface area contributed by atoms with Crippen LogP contribution in [-0.4, -0.2) is 75.8 Å². The zero-order valence-corrected chi connectivity index (χ0v) is 21.3. The number of alkyl halides is 2. The van der Waals surface area contributed by atoms with E-state index in [9.17, 15) is 23.5 Å². The molecule has 1 N–H and O–H groups in total. The Labute approximate surface area is 219 Å². The van der Waals surface area contributed by atoms with E-state index in [4.69, 9.17) is 0 Å². The number of rotatable bonds is 4. The highest BCUT2D eigenvalue weighted by atomic mass is 19.3. The lowest BCUT2D eigenvalue weighted by Crippen LogP contribution is -2.56. The fraction of sp³-hybridized carbons (Fsp3) is 0.444. The fourth-order valence-electron chi connectivity index (χ4n) is 5.38. The van der Waals surface area contributed by atoms with Gasteiger partial charge in [-0.3, -0.25) is 14.7 Å². The summed E-state index contributed by atoms with van der Waals surface area (Å²) in [6, 6.07) is 8.83. The minimum Gasteiger partial charge on any atom is -0.465 e. The molecule has 1 atom stereocenters. The fourth-order valence-corrected chi connectivity index (χ4v) is 5.38. The number of nitrogens with zero attached hydrogens (tertiary/aromatic N) is 6. The molecule has 0 radical (unpaired) electrons. The zero-order chi connectivity index (χ0) is 27.0. The quantitative estimate of drug-likeness (QED) is 0.529. The molecule has 200 valence electrons. The molecule has 2 aromatic heterocycles. The van der Waals surface area contributed by atoms with Crippen LogP contribution in [0.5, 0.6) is 0 Å². The standard InChI is InChI=1S/C27H30F2N6O3/c1-17-16-34(13-14-35(17)25(36)19-7-10-27(28,29)11-8-19)24-22-15-30-12-9-21(22)23(31-32-24)18-3-5-20(6-4-18)33(2)26(37)38/h3-6,9,12,15,17,19H,7-8,10-11,13-14,16H2,1-2H3,(H,37,38)/t17-/m0/s1. The molecule has 11 heteroatoms. The molecular weight excluding hydrogens is 494 g/mol. The lowest BCUT2D eigenvalue weighted by Gasteiger charge is -2.42. The number of pyridine rings is 1. The van der Waals surface area contributed by atoms with Crippen LogP contribution in [0.4, 0.5) is 25.1 Å².